The Morgan fingerprint density at radius 2 is 1.88 bits per heavy atom. The highest BCUT2D eigenvalue weighted by Gasteiger charge is 2.20. The smallest absolute Gasteiger partial charge is 0.234 e. The van der Waals surface area contributed by atoms with Crippen LogP contribution in [-0.4, -0.2) is 70.2 Å². The molecule has 1 aromatic rings. The molecule has 1 amide bonds. The quantitative estimate of drug-likeness (QED) is 0.722. The molecule has 1 aliphatic heterocycles. The van der Waals surface area contributed by atoms with Crippen molar-refractivity contribution in [3.8, 4) is 11.5 Å². The normalized spacial score (nSPS) is 14.4. The first-order valence-electron chi connectivity index (χ1n) is 8.41. The fourth-order valence-corrected chi connectivity index (χ4v) is 2.96. The van der Waals surface area contributed by atoms with Gasteiger partial charge in [0.25, 0.3) is 0 Å². The van der Waals surface area contributed by atoms with Crippen LogP contribution in [0.15, 0.2) is 12.1 Å². The molecule has 1 heterocycles. The van der Waals surface area contributed by atoms with Gasteiger partial charge in [0.1, 0.15) is 0 Å². The molecule has 1 N–H and O–H groups in total. The van der Waals surface area contributed by atoms with E-state index in [1.165, 1.54) is 11.1 Å². The summed E-state index contributed by atoms with van der Waals surface area (Å²) in [5, 5.41) is 3.00. The van der Waals surface area contributed by atoms with Gasteiger partial charge in [0, 0.05) is 19.6 Å². The standard InChI is InChI=1S/C18H29N3O3/c1-20(2)8-5-7-19-18(22)13-21-9-6-14-10-16(23-3)17(24-4)11-15(14)12-21/h10-11H,5-9,12-13H2,1-4H3,(H,19,22). The Hall–Kier alpha value is -1.79. The van der Waals surface area contributed by atoms with Crippen molar-refractivity contribution in [2.75, 3.05) is 54.5 Å². The second kappa shape index (κ2) is 8.89. The average molecular weight is 335 g/mol. The highest BCUT2D eigenvalue weighted by molar-refractivity contribution is 5.78. The van der Waals surface area contributed by atoms with Crippen LogP contribution in [0, 0.1) is 0 Å². The van der Waals surface area contributed by atoms with Crippen molar-refractivity contribution >= 4 is 5.91 Å². The molecule has 0 atom stereocenters. The maximum atomic E-state index is 12.1. The van der Waals surface area contributed by atoms with E-state index < -0.39 is 0 Å². The minimum Gasteiger partial charge on any atom is -0.493 e. The van der Waals surface area contributed by atoms with E-state index in [4.69, 9.17) is 9.47 Å². The molecule has 1 aliphatic rings. The number of ether oxygens (including phenoxy) is 2. The van der Waals surface area contributed by atoms with Crippen LogP contribution in [0.3, 0.4) is 0 Å². The zero-order valence-electron chi connectivity index (χ0n) is 15.2. The Bertz CT molecular complexity index is 561. The molecule has 0 radical (unpaired) electrons. The van der Waals surface area contributed by atoms with Crippen molar-refractivity contribution in [3.05, 3.63) is 23.3 Å². The number of fused-ring (bicyclic) bond motifs is 1. The molecular weight excluding hydrogens is 306 g/mol. The summed E-state index contributed by atoms with van der Waals surface area (Å²) < 4.78 is 10.7. The van der Waals surface area contributed by atoms with Crippen LogP contribution in [-0.2, 0) is 17.8 Å². The predicted molar refractivity (Wildman–Crippen MR) is 94.7 cm³/mol. The highest BCUT2D eigenvalue weighted by atomic mass is 16.5. The number of hydrogen-bond acceptors (Lipinski definition) is 5. The summed E-state index contributed by atoms with van der Waals surface area (Å²) in [6.07, 6.45) is 1.89. The molecule has 24 heavy (non-hydrogen) atoms. The number of nitrogens with zero attached hydrogens (tertiary/aromatic N) is 2. The minimum absolute atomic E-state index is 0.0951. The van der Waals surface area contributed by atoms with Gasteiger partial charge in [-0.2, -0.15) is 0 Å². The second-order valence-electron chi connectivity index (χ2n) is 6.44. The Labute approximate surface area is 144 Å². The van der Waals surface area contributed by atoms with E-state index in [9.17, 15) is 4.79 Å². The van der Waals surface area contributed by atoms with E-state index >= 15 is 0 Å². The Morgan fingerprint density at radius 3 is 2.50 bits per heavy atom. The molecule has 0 fully saturated rings. The molecule has 134 valence electrons. The molecular formula is C18H29N3O3. The summed E-state index contributed by atoms with van der Waals surface area (Å²) in [5.41, 5.74) is 2.48. The van der Waals surface area contributed by atoms with Gasteiger partial charge in [-0.3, -0.25) is 9.69 Å². The van der Waals surface area contributed by atoms with E-state index in [1.54, 1.807) is 14.2 Å². The van der Waals surface area contributed by atoms with Crippen LogP contribution in [0.2, 0.25) is 0 Å². The van der Waals surface area contributed by atoms with Crippen molar-refractivity contribution in [3.63, 3.8) is 0 Å². The van der Waals surface area contributed by atoms with Crippen LogP contribution in [0.1, 0.15) is 17.5 Å². The van der Waals surface area contributed by atoms with Crippen LogP contribution >= 0.6 is 0 Å². The van der Waals surface area contributed by atoms with Crippen LogP contribution in [0.4, 0.5) is 0 Å². The van der Waals surface area contributed by atoms with Gasteiger partial charge in [-0.1, -0.05) is 0 Å². The number of rotatable bonds is 8. The lowest BCUT2D eigenvalue weighted by Crippen LogP contribution is -2.40. The van der Waals surface area contributed by atoms with Crippen molar-refractivity contribution in [2.24, 2.45) is 0 Å². The van der Waals surface area contributed by atoms with Crippen LogP contribution < -0.4 is 14.8 Å². The number of carbonyl (C=O) groups is 1. The topological polar surface area (TPSA) is 54.0 Å². The number of methoxy groups -OCH3 is 2. The number of benzene rings is 1. The van der Waals surface area contributed by atoms with E-state index in [0.717, 1.165) is 50.5 Å². The molecule has 6 nitrogen and oxygen atoms in total. The average Bonchev–Trinajstić information content (AvgIpc) is 2.57. The first-order chi connectivity index (χ1) is 11.5. The first-order valence-corrected chi connectivity index (χ1v) is 8.41. The zero-order chi connectivity index (χ0) is 17.5. The lowest BCUT2D eigenvalue weighted by molar-refractivity contribution is -0.122. The third kappa shape index (κ3) is 5.11. The zero-order valence-corrected chi connectivity index (χ0v) is 15.2. The third-order valence-corrected chi connectivity index (χ3v) is 4.27. The van der Waals surface area contributed by atoms with Crippen molar-refractivity contribution in [1.29, 1.82) is 0 Å². The summed E-state index contributed by atoms with van der Waals surface area (Å²) >= 11 is 0. The molecule has 0 unspecified atom stereocenters. The van der Waals surface area contributed by atoms with Crippen LogP contribution in [0.25, 0.3) is 0 Å². The van der Waals surface area contributed by atoms with Gasteiger partial charge in [0.15, 0.2) is 11.5 Å². The molecule has 0 aromatic heterocycles. The lowest BCUT2D eigenvalue weighted by atomic mass is 9.99. The minimum atomic E-state index is 0.0951. The Balaban J connectivity index is 1.87. The number of carbonyl (C=O) groups excluding carboxylic acids is 1. The molecule has 0 bridgehead atoms. The van der Waals surface area contributed by atoms with E-state index in [2.05, 4.69) is 15.1 Å². The SMILES string of the molecule is COc1cc2c(cc1OC)CN(CC(=O)NCCCN(C)C)CC2. The number of amides is 1. The van der Waals surface area contributed by atoms with Crippen molar-refractivity contribution in [2.45, 2.75) is 19.4 Å². The largest absolute Gasteiger partial charge is 0.493 e. The molecule has 0 spiro atoms. The Kier molecular flexibility index (Phi) is 6.87. The monoisotopic (exact) mass is 335 g/mol. The van der Waals surface area contributed by atoms with Gasteiger partial charge in [-0.05, 0) is 56.7 Å². The fraction of sp³-hybridized carbons (Fsp3) is 0.611. The molecule has 2 rings (SSSR count). The summed E-state index contributed by atoms with van der Waals surface area (Å²) in [6.45, 7) is 3.80. The van der Waals surface area contributed by atoms with E-state index in [0.29, 0.717) is 6.54 Å². The van der Waals surface area contributed by atoms with Gasteiger partial charge < -0.3 is 19.7 Å². The molecule has 0 aliphatic carbocycles. The highest BCUT2D eigenvalue weighted by Crippen LogP contribution is 2.33. The number of nitrogens with one attached hydrogen (secondary N) is 1. The summed E-state index contributed by atoms with van der Waals surface area (Å²) in [7, 11) is 7.37. The fourth-order valence-electron chi connectivity index (χ4n) is 2.96. The van der Waals surface area contributed by atoms with E-state index in [-0.39, 0.29) is 5.91 Å². The summed E-state index contributed by atoms with van der Waals surface area (Å²) in [4.78, 5) is 16.4. The van der Waals surface area contributed by atoms with Crippen LogP contribution in [0.5, 0.6) is 11.5 Å². The van der Waals surface area contributed by atoms with Gasteiger partial charge in [0.05, 0.1) is 20.8 Å². The molecule has 6 heteroatoms. The van der Waals surface area contributed by atoms with Gasteiger partial charge in [0.2, 0.25) is 5.91 Å². The molecule has 1 aromatic carbocycles. The summed E-state index contributed by atoms with van der Waals surface area (Å²) in [6, 6.07) is 4.07. The third-order valence-electron chi connectivity index (χ3n) is 4.27. The van der Waals surface area contributed by atoms with Gasteiger partial charge >= 0.3 is 0 Å². The van der Waals surface area contributed by atoms with Crippen molar-refractivity contribution < 1.29 is 14.3 Å². The predicted octanol–water partition coefficient (Wildman–Crippen LogP) is 1.13. The van der Waals surface area contributed by atoms with Gasteiger partial charge in [-0.25, -0.2) is 0 Å². The molecule has 0 saturated heterocycles. The maximum Gasteiger partial charge on any atom is 0.234 e. The Morgan fingerprint density at radius 1 is 1.21 bits per heavy atom. The van der Waals surface area contributed by atoms with Gasteiger partial charge in [-0.15, -0.1) is 0 Å². The molecule has 0 saturated carbocycles. The van der Waals surface area contributed by atoms with E-state index in [1.807, 2.05) is 26.2 Å². The second-order valence-corrected chi connectivity index (χ2v) is 6.44. The first kappa shape index (κ1) is 18.5. The number of hydrogen-bond donors (Lipinski definition) is 1. The summed E-state index contributed by atoms with van der Waals surface area (Å²) in [5.74, 6) is 1.60. The maximum absolute atomic E-state index is 12.1. The van der Waals surface area contributed by atoms with Crippen molar-refractivity contribution in [1.82, 2.24) is 15.1 Å². The lowest BCUT2D eigenvalue weighted by Gasteiger charge is -2.29.